The molecule has 17 heavy (non-hydrogen) atoms. The van der Waals surface area contributed by atoms with Gasteiger partial charge in [-0.15, -0.1) is 0 Å². The summed E-state index contributed by atoms with van der Waals surface area (Å²) in [7, 11) is 0. The third kappa shape index (κ3) is 7.59. The monoisotopic (exact) mass is 246 g/mol. The summed E-state index contributed by atoms with van der Waals surface area (Å²) in [4.78, 5) is 30.7. The van der Waals surface area contributed by atoms with E-state index >= 15 is 0 Å². The van der Waals surface area contributed by atoms with Crippen LogP contribution in [0.15, 0.2) is 12.4 Å². The fourth-order valence-electron chi connectivity index (χ4n) is 1.06. The molecule has 1 unspecified atom stereocenters. The van der Waals surface area contributed by atoms with Crippen LogP contribution in [0.5, 0.6) is 0 Å². The summed E-state index contributed by atoms with van der Waals surface area (Å²) in [5.41, 5.74) is 1.81. The van der Waals surface area contributed by atoms with Crippen LogP contribution in [-0.2, 0) is 9.59 Å². The van der Waals surface area contributed by atoms with Gasteiger partial charge in [0, 0.05) is 6.54 Å². The smallest absolute Gasteiger partial charge is 0.326 e. The number of carboxylic acid groups (broad SMARTS) is 1. The lowest BCUT2D eigenvalue weighted by Gasteiger charge is -2.11. The molecule has 0 heterocycles. The molecular weight excluding hydrogens is 232 g/mol. The van der Waals surface area contributed by atoms with Gasteiger partial charge >= 0.3 is 5.97 Å². The summed E-state index contributed by atoms with van der Waals surface area (Å²) < 4.78 is 0. The number of carboxylic acids is 1. The number of hydrazine groups is 1. The van der Waals surface area contributed by atoms with E-state index in [9.17, 15) is 19.7 Å². The average Bonchev–Trinajstić information content (AvgIpc) is 2.21. The highest BCUT2D eigenvalue weighted by Gasteiger charge is 2.15. The van der Waals surface area contributed by atoms with Crippen molar-refractivity contribution in [3.05, 3.63) is 22.5 Å². The van der Waals surface area contributed by atoms with Gasteiger partial charge in [-0.05, 0) is 12.8 Å². The Morgan fingerprint density at radius 1 is 1.59 bits per heavy atom. The molecule has 9 heteroatoms. The molecule has 0 aliphatic heterocycles. The molecule has 1 amide bonds. The Hall–Kier alpha value is -2.32. The Morgan fingerprint density at radius 2 is 2.24 bits per heavy atom. The van der Waals surface area contributed by atoms with Gasteiger partial charge in [0.15, 0.2) is 10.9 Å². The summed E-state index contributed by atoms with van der Waals surface area (Å²) in [5.74, 6) is -1.11. The molecule has 0 spiro atoms. The summed E-state index contributed by atoms with van der Waals surface area (Å²) in [6, 6.07) is -0.953. The number of nitrogens with one attached hydrogen (secondary N) is 3. The number of aliphatic carboxylic acids is 1. The summed E-state index contributed by atoms with van der Waals surface area (Å²) in [5, 5.41) is 22.6. The maximum Gasteiger partial charge on any atom is 0.326 e. The van der Waals surface area contributed by atoms with Crippen molar-refractivity contribution < 1.29 is 19.7 Å². The third-order valence-electron chi connectivity index (χ3n) is 1.80. The molecule has 1 atom stereocenters. The topological polar surface area (TPSA) is 134 Å². The Kier molecular flexibility index (Phi) is 6.83. The quantitative estimate of drug-likeness (QED) is 0.165. The molecule has 0 saturated carbocycles. The van der Waals surface area contributed by atoms with Crippen LogP contribution in [0.4, 0.5) is 0 Å². The van der Waals surface area contributed by atoms with Crippen LogP contribution in [0.1, 0.15) is 12.8 Å². The van der Waals surface area contributed by atoms with Gasteiger partial charge in [0.25, 0.3) is 0 Å². The van der Waals surface area contributed by atoms with Crippen LogP contribution >= 0.6 is 0 Å². The predicted octanol–water partition coefficient (Wildman–Crippen LogP) is -1.19. The number of hydrogen-bond acceptors (Lipinski definition) is 5. The zero-order chi connectivity index (χ0) is 13.3. The van der Waals surface area contributed by atoms with Gasteiger partial charge in [0.1, 0.15) is 6.04 Å². The Morgan fingerprint density at radius 3 is 2.71 bits per heavy atom. The zero-order valence-corrected chi connectivity index (χ0v) is 9.01. The van der Waals surface area contributed by atoms with E-state index in [1.807, 2.05) is 5.43 Å². The van der Waals surface area contributed by atoms with Crippen LogP contribution < -0.4 is 16.1 Å². The fourth-order valence-corrected chi connectivity index (χ4v) is 1.06. The Labute approximate surface area is 97.0 Å². The van der Waals surface area contributed by atoms with E-state index in [-0.39, 0.29) is 12.2 Å². The van der Waals surface area contributed by atoms with Crippen molar-refractivity contribution in [3.63, 3.8) is 0 Å². The van der Waals surface area contributed by atoms with Crippen LogP contribution in [0, 0.1) is 10.1 Å². The molecule has 0 aromatic carbocycles. The highest BCUT2D eigenvalue weighted by Crippen LogP contribution is 1.96. The van der Waals surface area contributed by atoms with Gasteiger partial charge < -0.3 is 15.7 Å². The van der Waals surface area contributed by atoms with Gasteiger partial charge in [-0.2, -0.15) is 0 Å². The van der Waals surface area contributed by atoms with Crippen LogP contribution in [-0.4, -0.2) is 35.1 Å². The molecular formula is C8H14N4O5. The number of amides is 1. The lowest BCUT2D eigenvalue weighted by molar-refractivity contribution is -0.536. The lowest BCUT2D eigenvalue weighted by Crippen LogP contribution is -2.36. The molecule has 0 fully saturated rings. The van der Waals surface area contributed by atoms with Crippen molar-refractivity contribution in [1.82, 2.24) is 16.1 Å². The Bertz CT molecular complexity index is 306. The molecule has 0 aliphatic rings. The van der Waals surface area contributed by atoms with Crippen LogP contribution in [0.2, 0.25) is 0 Å². The fraction of sp³-hybridized carbons (Fsp3) is 0.500. The second-order valence-corrected chi connectivity index (χ2v) is 3.09. The van der Waals surface area contributed by atoms with Gasteiger partial charge in [0.05, 0.1) is 0 Å². The third-order valence-corrected chi connectivity index (χ3v) is 1.80. The number of hydrogen-bond donors (Lipinski definition) is 4. The van der Waals surface area contributed by atoms with Crippen molar-refractivity contribution in [3.8, 4) is 0 Å². The van der Waals surface area contributed by atoms with E-state index in [4.69, 9.17) is 5.11 Å². The molecule has 0 aromatic heterocycles. The number of carbonyl (C=O) groups excluding carboxylic acids is 1. The molecule has 0 radical (unpaired) electrons. The maximum absolute atomic E-state index is 10.6. The highest BCUT2D eigenvalue weighted by molar-refractivity contribution is 5.76. The second kappa shape index (κ2) is 7.91. The van der Waals surface area contributed by atoms with Crippen molar-refractivity contribution in [2.45, 2.75) is 18.9 Å². The highest BCUT2D eigenvalue weighted by atomic mass is 16.7. The number of nitro groups is 1. The number of rotatable bonds is 10. The van der Waals surface area contributed by atoms with Gasteiger partial charge in [-0.1, -0.05) is 12.0 Å². The Balaban J connectivity index is 3.74. The molecule has 0 bridgehead atoms. The summed E-state index contributed by atoms with van der Waals surface area (Å²) in [6.45, 7) is 3.64. The first-order valence-corrected chi connectivity index (χ1v) is 4.73. The minimum atomic E-state index is -1.13. The van der Waals surface area contributed by atoms with Gasteiger partial charge in [-0.3, -0.25) is 4.79 Å². The van der Waals surface area contributed by atoms with Gasteiger partial charge in [-0.25, -0.2) is 14.9 Å². The molecule has 0 rings (SSSR count). The van der Waals surface area contributed by atoms with Crippen molar-refractivity contribution in [2.24, 2.45) is 0 Å². The molecule has 0 aromatic rings. The first-order chi connectivity index (χ1) is 7.97. The lowest BCUT2D eigenvalue weighted by atomic mass is 10.1. The molecule has 0 aliphatic carbocycles. The molecule has 9 nitrogen and oxygen atoms in total. The van der Waals surface area contributed by atoms with Crippen LogP contribution in [0.25, 0.3) is 0 Å². The van der Waals surface area contributed by atoms with E-state index < -0.39 is 17.0 Å². The minimum absolute atomic E-state index is 0.0187. The standard InChI is InChI=1S/C8H14N4O5/c1-6(11-12(16)17)9-4-2-3-7(8(14)15)10-5-13/h5,7,9,11H,1-4H2,(H,10,13)(H,14,15). The molecule has 96 valence electrons. The first-order valence-electron chi connectivity index (χ1n) is 4.73. The van der Waals surface area contributed by atoms with Crippen molar-refractivity contribution in [1.29, 1.82) is 0 Å². The maximum atomic E-state index is 10.6. The van der Waals surface area contributed by atoms with E-state index in [0.717, 1.165) is 0 Å². The zero-order valence-electron chi connectivity index (χ0n) is 9.01. The van der Waals surface area contributed by atoms with Crippen LogP contribution in [0.3, 0.4) is 0 Å². The second-order valence-electron chi connectivity index (χ2n) is 3.09. The van der Waals surface area contributed by atoms with Crippen molar-refractivity contribution >= 4 is 12.4 Å². The molecule has 4 N–H and O–H groups in total. The molecule has 0 saturated heterocycles. The van der Waals surface area contributed by atoms with Crippen molar-refractivity contribution in [2.75, 3.05) is 6.54 Å². The average molecular weight is 246 g/mol. The predicted molar refractivity (Wildman–Crippen MR) is 57.1 cm³/mol. The van der Waals surface area contributed by atoms with Gasteiger partial charge in [0.2, 0.25) is 6.41 Å². The summed E-state index contributed by atoms with van der Waals surface area (Å²) >= 11 is 0. The van der Waals surface area contributed by atoms with E-state index in [1.54, 1.807) is 0 Å². The van der Waals surface area contributed by atoms with E-state index in [1.165, 1.54) is 0 Å². The first kappa shape index (κ1) is 14.7. The summed E-state index contributed by atoms with van der Waals surface area (Å²) in [6.07, 6.45) is 0.947. The number of carbonyl (C=O) groups is 2. The van der Waals surface area contributed by atoms with E-state index in [2.05, 4.69) is 17.2 Å². The largest absolute Gasteiger partial charge is 0.480 e. The number of nitrogens with zero attached hydrogens (tertiary/aromatic N) is 1. The minimum Gasteiger partial charge on any atom is -0.480 e. The normalized spacial score (nSPS) is 11.1. The SMILES string of the molecule is C=C(NCCCC(NC=O)C(=O)O)N[N+](=O)[O-]. The van der Waals surface area contributed by atoms with E-state index in [0.29, 0.717) is 19.4 Å².